The monoisotopic (exact) mass is 418 g/mol. The quantitative estimate of drug-likeness (QED) is 0.245. The lowest BCUT2D eigenvalue weighted by Gasteiger charge is -2.22. The number of allylic oxidation sites excluding steroid dienone is 1. The summed E-state index contributed by atoms with van der Waals surface area (Å²) in [6.07, 6.45) is -9.93. The van der Waals surface area contributed by atoms with E-state index in [1.807, 2.05) is 0 Å². The van der Waals surface area contributed by atoms with Crippen molar-refractivity contribution in [3.63, 3.8) is 0 Å². The zero-order valence-electron chi connectivity index (χ0n) is 12.6. The minimum Gasteiger partial charge on any atom is -0.360 e. The Kier molecular flexibility index (Phi) is 5.91. The lowest BCUT2D eigenvalue weighted by atomic mass is 10.1. The summed E-state index contributed by atoms with van der Waals surface area (Å²) in [4.78, 5) is 27.9. The van der Waals surface area contributed by atoms with Crippen LogP contribution in [0.4, 0.5) is 26.3 Å². The number of aromatic nitrogens is 1. The number of ketones is 2. The maximum absolute atomic E-state index is 12.7. The van der Waals surface area contributed by atoms with E-state index >= 15 is 0 Å². The molecule has 26 heavy (non-hydrogen) atoms. The van der Waals surface area contributed by atoms with Gasteiger partial charge < -0.3 is 4.90 Å². The van der Waals surface area contributed by atoms with E-state index in [9.17, 15) is 35.9 Å². The minimum absolute atomic E-state index is 0.0579. The summed E-state index contributed by atoms with van der Waals surface area (Å²) in [5, 5.41) is -0.495. The van der Waals surface area contributed by atoms with Gasteiger partial charge in [-0.15, -0.1) is 11.8 Å². The van der Waals surface area contributed by atoms with Gasteiger partial charge in [0.1, 0.15) is 10.7 Å². The molecule has 1 aliphatic heterocycles. The van der Waals surface area contributed by atoms with Gasteiger partial charge in [-0.25, -0.2) is 4.98 Å². The maximum Gasteiger partial charge on any atom is 0.455 e. The van der Waals surface area contributed by atoms with Crippen LogP contribution in [0.25, 0.3) is 0 Å². The maximum atomic E-state index is 12.7. The van der Waals surface area contributed by atoms with Crippen molar-refractivity contribution >= 4 is 34.9 Å². The summed E-state index contributed by atoms with van der Waals surface area (Å²) in [5.41, 5.74) is -1.47. The van der Waals surface area contributed by atoms with Gasteiger partial charge in [0.2, 0.25) is 0 Å². The number of rotatable bonds is 4. The lowest BCUT2D eigenvalue weighted by Crippen LogP contribution is -2.37. The highest BCUT2D eigenvalue weighted by molar-refractivity contribution is 8.03. The van der Waals surface area contributed by atoms with Crippen LogP contribution in [0.15, 0.2) is 28.9 Å². The Morgan fingerprint density at radius 2 is 1.69 bits per heavy atom. The molecule has 0 aromatic carbocycles. The number of hydrogen-bond donors (Lipinski definition) is 0. The van der Waals surface area contributed by atoms with E-state index in [4.69, 9.17) is 11.6 Å². The number of carbonyl (C=O) groups is 2. The van der Waals surface area contributed by atoms with Crippen molar-refractivity contribution in [3.8, 4) is 0 Å². The number of pyridine rings is 1. The lowest BCUT2D eigenvalue weighted by molar-refractivity contribution is -0.175. The SMILES string of the molecule is O=C(C(C(=O)C(F)(F)F)=C1SCCN1Cc1ccc(Cl)nc1)C(F)(F)F. The number of Topliss-reactive ketones (excluding diaryl/α,β-unsaturated/α-hetero) is 2. The van der Waals surface area contributed by atoms with Crippen LogP contribution >= 0.6 is 23.4 Å². The summed E-state index contributed by atoms with van der Waals surface area (Å²) in [5.74, 6) is -5.51. The Hall–Kier alpha value is -1.75. The summed E-state index contributed by atoms with van der Waals surface area (Å²) in [6.45, 7) is -0.0747. The van der Waals surface area contributed by atoms with E-state index in [0.717, 1.165) is 4.90 Å². The first-order chi connectivity index (χ1) is 11.9. The van der Waals surface area contributed by atoms with E-state index in [-0.39, 0.29) is 24.0 Å². The van der Waals surface area contributed by atoms with Crippen LogP contribution < -0.4 is 0 Å². The van der Waals surface area contributed by atoms with Crippen LogP contribution in [0.3, 0.4) is 0 Å². The van der Waals surface area contributed by atoms with Gasteiger partial charge in [0.25, 0.3) is 11.6 Å². The third kappa shape index (κ3) is 4.70. The molecule has 142 valence electrons. The smallest absolute Gasteiger partial charge is 0.360 e. The second-order valence-corrected chi connectivity index (χ2v) is 6.56. The molecule has 0 saturated carbocycles. The fraction of sp³-hybridized carbons (Fsp3) is 0.357. The first-order valence-electron chi connectivity index (χ1n) is 6.86. The molecule has 1 saturated heterocycles. The molecule has 1 aliphatic rings. The van der Waals surface area contributed by atoms with Crippen molar-refractivity contribution in [1.29, 1.82) is 0 Å². The highest BCUT2D eigenvalue weighted by Gasteiger charge is 2.52. The summed E-state index contributed by atoms with van der Waals surface area (Å²) in [7, 11) is 0. The van der Waals surface area contributed by atoms with E-state index in [0.29, 0.717) is 17.3 Å². The van der Waals surface area contributed by atoms with Crippen LogP contribution in [0.1, 0.15) is 5.56 Å². The van der Waals surface area contributed by atoms with Gasteiger partial charge in [-0.05, 0) is 11.6 Å². The van der Waals surface area contributed by atoms with E-state index in [1.54, 1.807) is 0 Å². The Labute approximate surface area is 152 Å². The van der Waals surface area contributed by atoms with Crippen LogP contribution in [-0.4, -0.2) is 46.1 Å². The molecule has 0 bridgehead atoms. The Balaban J connectivity index is 2.47. The molecule has 1 fully saturated rings. The molecular weight excluding hydrogens is 410 g/mol. The molecule has 0 spiro atoms. The van der Waals surface area contributed by atoms with Crippen molar-refractivity contribution in [2.24, 2.45) is 0 Å². The van der Waals surface area contributed by atoms with Crippen molar-refractivity contribution in [1.82, 2.24) is 9.88 Å². The predicted molar refractivity (Wildman–Crippen MR) is 81.3 cm³/mol. The van der Waals surface area contributed by atoms with Crippen LogP contribution in [0, 0.1) is 0 Å². The topological polar surface area (TPSA) is 50.3 Å². The Morgan fingerprint density at radius 3 is 2.15 bits per heavy atom. The third-order valence-electron chi connectivity index (χ3n) is 3.23. The fourth-order valence-corrected chi connectivity index (χ4v) is 3.41. The molecule has 0 aliphatic carbocycles. The predicted octanol–water partition coefficient (Wildman–Crippen LogP) is 3.76. The normalized spacial score (nSPS) is 15.3. The van der Waals surface area contributed by atoms with Gasteiger partial charge in [-0.3, -0.25) is 9.59 Å². The molecule has 0 unspecified atom stereocenters. The van der Waals surface area contributed by atoms with Crippen molar-refractivity contribution < 1.29 is 35.9 Å². The fourth-order valence-electron chi connectivity index (χ4n) is 2.13. The number of alkyl halides is 6. The molecule has 2 rings (SSSR count). The van der Waals surface area contributed by atoms with Crippen LogP contribution in [0.5, 0.6) is 0 Å². The first-order valence-corrected chi connectivity index (χ1v) is 8.23. The van der Waals surface area contributed by atoms with Crippen molar-refractivity contribution in [3.05, 3.63) is 39.6 Å². The molecular formula is C14H9ClF6N2O2S. The number of nitrogens with zero attached hydrogens (tertiary/aromatic N) is 2. The van der Waals surface area contributed by atoms with Gasteiger partial charge in [0.05, 0.1) is 5.03 Å². The zero-order valence-corrected chi connectivity index (χ0v) is 14.2. The van der Waals surface area contributed by atoms with Crippen LogP contribution in [0.2, 0.25) is 5.15 Å². The number of halogens is 7. The highest BCUT2D eigenvalue weighted by Crippen LogP contribution is 2.38. The summed E-state index contributed by atoms with van der Waals surface area (Å²) < 4.78 is 76.5. The van der Waals surface area contributed by atoms with E-state index in [2.05, 4.69) is 4.98 Å². The zero-order chi connectivity index (χ0) is 19.7. The second-order valence-electron chi connectivity index (χ2n) is 5.09. The number of hydrogen-bond acceptors (Lipinski definition) is 5. The summed E-state index contributed by atoms with van der Waals surface area (Å²) in [6, 6.07) is 2.87. The first kappa shape index (κ1) is 20.6. The standard InChI is InChI=1S/C14H9ClF6N2O2S/c15-8-2-1-7(5-22-8)6-23-3-4-26-12(23)9(10(24)13(16,17)18)11(25)14(19,20)21/h1-2,5H,3-4,6H2. The van der Waals surface area contributed by atoms with Gasteiger partial charge in [0.15, 0.2) is 0 Å². The average Bonchev–Trinajstić information content (AvgIpc) is 2.96. The Bertz CT molecular complexity index is 717. The molecule has 2 heterocycles. The number of thioether (sulfide) groups is 1. The molecule has 4 nitrogen and oxygen atoms in total. The van der Waals surface area contributed by atoms with Crippen LogP contribution in [-0.2, 0) is 16.1 Å². The highest BCUT2D eigenvalue weighted by atomic mass is 35.5. The van der Waals surface area contributed by atoms with E-state index < -0.39 is 34.5 Å². The van der Waals surface area contributed by atoms with Gasteiger partial charge in [-0.1, -0.05) is 17.7 Å². The van der Waals surface area contributed by atoms with Gasteiger partial charge in [0, 0.05) is 25.0 Å². The third-order valence-corrected chi connectivity index (χ3v) is 4.58. The molecule has 0 atom stereocenters. The molecule has 12 heteroatoms. The average molecular weight is 419 g/mol. The Morgan fingerprint density at radius 1 is 1.12 bits per heavy atom. The number of carbonyl (C=O) groups excluding carboxylic acids is 2. The molecule has 0 N–H and O–H groups in total. The van der Waals surface area contributed by atoms with Gasteiger partial charge >= 0.3 is 12.4 Å². The second kappa shape index (κ2) is 7.47. The minimum atomic E-state index is -5.61. The van der Waals surface area contributed by atoms with Crippen molar-refractivity contribution in [2.75, 3.05) is 12.3 Å². The summed E-state index contributed by atoms with van der Waals surface area (Å²) >= 11 is 6.20. The van der Waals surface area contributed by atoms with Crippen molar-refractivity contribution in [2.45, 2.75) is 18.9 Å². The largest absolute Gasteiger partial charge is 0.455 e. The molecule has 0 radical (unpaired) electrons. The van der Waals surface area contributed by atoms with E-state index in [1.165, 1.54) is 18.3 Å². The molecule has 1 aromatic rings. The van der Waals surface area contributed by atoms with Gasteiger partial charge in [-0.2, -0.15) is 26.3 Å². The molecule has 0 amide bonds. The molecule has 1 aromatic heterocycles.